The molecule has 1 aliphatic rings. The van der Waals surface area contributed by atoms with Crippen LogP contribution in [0, 0.1) is 6.92 Å². The van der Waals surface area contributed by atoms with Gasteiger partial charge in [0, 0.05) is 10.6 Å². The Morgan fingerprint density at radius 1 is 1.32 bits per heavy atom. The second-order valence-electron chi connectivity index (χ2n) is 6.68. The third kappa shape index (κ3) is 4.67. The van der Waals surface area contributed by atoms with E-state index in [9.17, 15) is 13.0 Å². The van der Waals surface area contributed by atoms with E-state index in [1.807, 2.05) is 31.2 Å². The Hall–Kier alpha value is -2.49. The summed E-state index contributed by atoms with van der Waals surface area (Å²) in [5, 5.41) is 8.61. The molecule has 0 aliphatic heterocycles. The van der Waals surface area contributed by atoms with Crippen molar-refractivity contribution in [2.45, 2.75) is 31.4 Å². The summed E-state index contributed by atoms with van der Waals surface area (Å²) in [6, 6.07) is 9.12. The maximum atomic E-state index is 11.3. The van der Waals surface area contributed by atoms with Crippen LogP contribution >= 0.6 is 11.6 Å². The van der Waals surface area contributed by atoms with Crippen molar-refractivity contribution in [1.29, 1.82) is 0 Å². The Morgan fingerprint density at radius 2 is 2.04 bits per heavy atom. The highest BCUT2D eigenvalue weighted by Crippen LogP contribution is 2.37. The normalized spacial score (nSPS) is 18.0. The minimum absolute atomic E-state index is 0.0259. The molecule has 1 aliphatic carbocycles. The second-order valence-corrected chi connectivity index (χ2v) is 8.54. The molecule has 0 bridgehead atoms. The molecule has 2 aromatic rings. The van der Waals surface area contributed by atoms with E-state index in [0.717, 1.165) is 16.7 Å². The number of hydrogen-bond acceptors (Lipinski definition) is 5. The Balaban J connectivity index is 2.13. The molecule has 0 spiro atoms. The Morgan fingerprint density at radius 3 is 2.68 bits per heavy atom. The highest BCUT2D eigenvalue weighted by atomic mass is 35.5. The predicted molar refractivity (Wildman–Crippen MR) is 109 cm³/mol. The lowest BCUT2D eigenvalue weighted by Crippen LogP contribution is -2.25. The number of nitrogens with zero attached hydrogens (tertiary/aromatic N) is 3. The van der Waals surface area contributed by atoms with Gasteiger partial charge < -0.3 is 11.5 Å². The minimum atomic E-state index is -4.20. The third-order valence-corrected chi connectivity index (χ3v) is 5.48. The lowest BCUT2D eigenvalue weighted by molar-refractivity contribution is 0.481. The zero-order chi connectivity index (χ0) is 20.5. The fraction of sp³-hybridized carbons (Fsp3) is 0.278. The topological polar surface area (TPSA) is 144 Å². The zero-order valence-electron chi connectivity index (χ0n) is 15.1. The van der Waals surface area contributed by atoms with Crippen molar-refractivity contribution in [1.82, 2.24) is 4.98 Å². The van der Waals surface area contributed by atoms with Crippen LogP contribution < -0.4 is 11.5 Å². The van der Waals surface area contributed by atoms with Crippen LogP contribution in [0.1, 0.15) is 40.4 Å². The average molecular weight is 422 g/mol. The van der Waals surface area contributed by atoms with Crippen molar-refractivity contribution in [3.63, 3.8) is 0 Å². The van der Waals surface area contributed by atoms with Crippen LogP contribution in [-0.2, 0) is 22.3 Å². The molecule has 1 aromatic heterocycles. The quantitative estimate of drug-likeness (QED) is 0.298. The van der Waals surface area contributed by atoms with E-state index >= 15 is 0 Å². The van der Waals surface area contributed by atoms with Gasteiger partial charge in [0.25, 0.3) is 10.1 Å². The molecule has 5 N–H and O–H groups in total. The standard InChI is InChI=1S/C18H20ClN5O3S/c1-10-6-12(9-28(25,26)27)22-15-7-11(13-4-2-3-5-14(13)19)8-16(17(10)15)23-24-18(20)21/h2-6,11H,7-9H2,1H3,(H4,20,21,24)(H,25,26,27). The van der Waals surface area contributed by atoms with E-state index in [1.165, 1.54) is 0 Å². The van der Waals surface area contributed by atoms with Gasteiger partial charge in [0.2, 0.25) is 5.96 Å². The number of rotatable bonds is 4. The molecule has 0 saturated heterocycles. The van der Waals surface area contributed by atoms with Crippen LogP contribution in [0.3, 0.4) is 0 Å². The van der Waals surface area contributed by atoms with Crippen molar-refractivity contribution in [2.24, 2.45) is 21.7 Å². The lowest BCUT2D eigenvalue weighted by atomic mass is 9.80. The first-order chi connectivity index (χ1) is 13.1. The van der Waals surface area contributed by atoms with Crippen LogP contribution in [0.5, 0.6) is 0 Å². The molecule has 0 fully saturated rings. The van der Waals surface area contributed by atoms with Crippen molar-refractivity contribution >= 4 is 33.4 Å². The van der Waals surface area contributed by atoms with Gasteiger partial charge in [-0.15, -0.1) is 5.10 Å². The monoisotopic (exact) mass is 421 g/mol. The predicted octanol–water partition coefficient (Wildman–Crippen LogP) is 2.14. The Labute approximate surface area is 168 Å². The van der Waals surface area contributed by atoms with E-state index in [-0.39, 0.29) is 17.6 Å². The average Bonchev–Trinajstić information content (AvgIpc) is 2.58. The van der Waals surface area contributed by atoms with Gasteiger partial charge in [0.05, 0.1) is 17.1 Å². The third-order valence-electron chi connectivity index (χ3n) is 4.47. The van der Waals surface area contributed by atoms with Crippen molar-refractivity contribution in [2.75, 3.05) is 0 Å². The van der Waals surface area contributed by atoms with Gasteiger partial charge in [0.15, 0.2) is 0 Å². The van der Waals surface area contributed by atoms with Crippen molar-refractivity contribution < 1.29 is 13.0 Å². The van der Waals surface area contributed by atoms with Crippen molar-refractivity contribution in [3.05, 3.63) is 63.4 Å². The molecule has 0 saturated carbocycles. The summed E-state index contributed by atoms with van der Waals surface area (Å²) in [4.78, 5) is 4.47. The molecule has 0 amide bonds. The number of halogens is 1. The van der Waals surface area contributed by atoms with Gasteiger partial charge in [-0.1, -0.05) is 29.8 Å². The van der Waals surface area contributed by atoms with Crippen LogP contribution in [0.25, 0.3) is 0 Å². The molecule has 3 rings (SSSR count). The van der Waals surface area contributed by atoms with Crippen LogP contribution in [0.2, 0.25) is 5.02 Å². The van der Waals surface area contributed by atoms with Gasteiger partial charge >= 0.3 is 0 Å². The number of hydrogen-bond donors (Lipinski definition) is 3. The summed E-state index contributed by atoms with van der Waals surface area (Å²) in [7, 11) is -4.20. The zero-order valence-corrected chi connectivity index (χ0v) is 16.7. The number of guanidine groups is 1. The van der Waals surface area contributed by atoms with Gasteiger partial charge in [-0.3, -0.25) is 9.54 Å². The molecule has 1 heterocycles. The Bertz CT molecular complexity index is 1080. The SMILES string of the molecule is Cc1cc(CS(=O)(=O)O)nc2c1C(=NN=C(N)N)CC(c1ccccc1Cl)C2. The molecule has 1 unspecified atom stereocenters. The minimum Gasteiger partial charge on any atom is -0.369 e. The molecule has 1 aromatic carbocycles. The number of pyridine rings is 1. The Kier molecular flexibility index (Phi) is 5.69. The smallest absolute Gasteiger partial charge is 0.270 e. The van der Waals surface area contributed by atoms with Crippen LogP contribution in [0.15, 0.2) is 40.5 Å². The van der Waals surface area contributed by atoms with Gasteiger partial charge in [0.1, 0.15) is 5.75 Å². The number of fused-ring (bicyclic) bond motifs is 1. The van der Waals surface area contributed by atoms with Gasteiger partial charge in [-0.25, -0.2) is 0 Å². The highest BCUT2D eigenvalue weighted by molar-refractivity contribution is 7.85. The molecular formula is C18H20ClN5O3S. The second kappa shape index (κ2) is 7.86. The van der Waals surface area contributed by atoms with Gasteiger partial charge in [-0.05, 0) is 48.9 Å². The van der Waals surface area contributed by atoms with E-state index in [0.29, 0.717) is 29.3 Å². The number of nitrogens with two attached hydrogens (primary N) is 2. The van der Waals surface area contributed by atoms with E-state index in [2.05, 4.69) is 15.2 Å². The summed E-state index contributed by atoms with van der Waals surface area (Å²) in [6.07, 6.45) is 1.09. The van der Waals surface area contributed by atoms with Gasteiger partial charge in [-0.2, -0.15) is 13.5 Å². The number of aryl methyl sites for hydroxylation is 1. The first-order valence-corrected chi connectivity index (χ1v) is 10.5. The molecule has 1 atom stereocenters. The first kappa shape index (κ1) is 20.2. The molecular weight excluding hydrogens is 402 g/mol. The fourth-order valence-corrected chi connectivity index (χ4v) is 4.30. The molecule has 28 heavy (non-hydrogen) atoms. The summed E-state index contributed by atoms with van der Waals surface area (Å²) in [6.45, 7) is 1.83. The maximum Gasteiger partial charge on any atom is 0.270 e. The maximum absolute atomic E-state index is 11.3. The number of aromatic nitrogens is 1. The summed E-state index contributed by atoms with van der Waals surface area (Å²) < 4.78 is 31.7. The van der Waals surface area contributed by atoms with Crippen molar-refractivity contribution in [3.8, 4) is 0 Å². The summed E-state index contributed by atoms with van der Waals surface area (Å²) >= 11 is 6.37. The largest absolute Gasteiger partial charge is 0.369 e. The first-order valence-electron chi connectivity index (χ1n) is 8.49. The summed E-state index contributed by atoms with van der Waals surface area (Å²) in [5.74, 6) is -0.748. The summed E-state index contributed by atoms with van der Waals surface area (Å²) in [5.41, 5.74) is 14.9. The van der Waals surface area contributed by atoms with Crippen LogP contribution in [-0.4, -0.2) is 29.6 Å². The molecule has 10 heteroatoms. The van der Waals surface area contributed by atoms with Crippen LogP contribution in [0.4, 0.5) is 0 Å². The number of benzene rings is 1. The van der Waals surface area contributed by atoms with E-state index in [1.54, 1.807) is 6.07 Å². The molecule has 0 radical (unpaired) electrons. The van der Waals surface area contributed by atoms with E-state index < -0.39 is 15.9 Å². The fourth-order valence-electron chi connectivity index (χ4n) is 3.49. The molecule has 148 valence electrons. The lowest BCUT2D eigenvalue weighted by Gasteiger charge is -2.27. The highest BCUT2D eigenvalue weighted by Gasteiger charge is 2.29. The van der Waals surface area contributed by atoms with E-state index in [4.69, 9.17) is 23.1 Å². The molecule has 8 nitrogen and oxygen atoms in total.